The van der Waals surface area contributed by atoms with Crippen LogP contribution in [0.25, 0.3) is 6.08 Å². The van der Waals surface area contributed by atoms with Gasteiger partial charge in [-0.3, -0.25) is 14.6 Å². The van der Waals surface area contributed by atoms with E-state index in [2.05, 4.69) is 15.1 Å². The highest BCUT2D eigenvalue weighted by Gasteiger charge is 2.34. The van der Waals surface area contributed by atoms with E-state index >= 15 is 0 Å². The summed E-state index contributed by atoms with van der Waals surface area (Å²) in [4.78, 5) is 16.5. The maximum Gasteiger partial charge on any atom is 0.238 e. The molecule has 1 atom stereocenters. The molecule has 0 spiro atoms. The van der Waals surface area contributed by atoms with Gasteiger partial charge in [0.05, 0.1) is 0 Å². The summed E-state index contributed by atoms with van der Waals surface area (Å²) in [5.74, 6) is 0.361. The van der Waals surface area contributed by atoms with Gasteiger partial charge in [-0.2, -0.15) is 0 Å². The van der Waals surface area contributed by atoms with Gasteiger partial charge in [-0.05, 0) is 25.1 Å². The summed E-state index contributed by atoms with van der Waals surface area (Å²) in [7, 11) is 0. The lowest BCUT2D eigenvalue weighted by Gasteiger charge is -2.43. The SMILES string of the molecule is C/C(=C\c1cc(Cl)ccc1O)CN1CCN2CCNC(=O)[C@H]2C1. The summed E-state index contributed by atoms with van der Waals surface area (Å²) >= 11 is 5.98. The van der Waals surface area contributed by atoms with E-state index in [1.54, 1.807) is 18.2 Å². The third-order valence-corrected chi connectivity index (χ3v) is 4.68. The number of fused-ring (bicyclic) bond motifs is 1. The minimum Gasteiger partial charge on any atom is -0.507 e. The lowest BCUT2D eigenvalue weighted by atomic mass is 10.1. The fraction of sp³-hybridized carbons (Fsp3) is 0.471. The molecule has 0 unspecified atom stereocenters. The molecule has 6 heteroatoms. The van der Waals surface area contributed by atoms with Crippen LogP contribution in [-0.4, -0.2) is 66.1 Å². The van der Waals surface area contributed by atoms with Crippen molar-refractivity contribution in [1.82, 2.24) is 15.1 Å². The number of phenols is 1. The van der Waals surface area contributed by atoms with Crippen molar-refractivity contribution in [2.45, 2.75) is 13.0 Å². The molecule has 0 aliphatic carbocycles. The van der Waals surface area contributed by atoms with Gasteiger partial charge in [0.1, 0.15) is 11.8 Å². The number of amides is 1. The van der Waals surface area contributed by atoms with Crippen LogP contribution in [0.3, 0.4) is 0 Å². The number of hydrogen-bond donors (Lipinski definition) is 2. The third kappa shape index (κ3) is 3.86. The number of carbonyl (C=O) groups is 1. The molecule has 23 heavy (non-hydrogen) atoms. The van der Waals surface area contributed by atoms with Crippen molar-refractivity contribution in [2.75, 3.05) is 39.3 Å². The van der Waals surface area contributed by atoms with E-state index in [1.165, 1.54) is 0 Å². The molecule has 1 amide bonds. The first-order chi connectivity index (χ1) is 11.0. The number of benzene rings is 1. The Hall–Kier alpha value is -1.56. The van der Waals surface area contributed by atoms with Crippen LogP contribution in [0.15, 0.2) is 23.8 Å². The molecule has 124 valence electrons. The number of rotatable bonds is 3. The number of phenolic OH excluding ortho intramolecular Hbond substituents is 1. The van der Waals surface area contributed by atoms with Gasteiger partial charge in [-0.15, -0.1) is 0 Å². The highest BCUT2D eigenvalue weighted by molar-refractivity contribution is 6.30. The summed E-state index contributed by atoms with van der Waals surface area (Å²) < 4.78 is 0. The number of nitrogens with one attached hydrogen (secondary N) is 1. The first kappa shape index (κ1) is 16.3. The van der Waals surface area contributed by atoms with E-state index in [9.17, 15) is 9.90 Å². The Morgan fingerprint density at radius 1 is 1.43 bits per heavy atom. The van der Waals surface area contributed by atoms with Crippen molar-refractivity contribution >= 4 is 23.6 Å². The highest BCUT2D eigenvalue weighted by atomic mass is 35.5. The monoisotopic (exact) mass is 335 g/mol. The molecule has 0 radical (unpaired) electrons. The zero-order chi connectivity index (χ0) is 16.4. The standard InChI is InChI=1S/C17H22ClN3O2/c1-12(8-13-9-14(18)2-3-16(13)22)10-20-6-7-21-5-4-19-17(23)15(21)11-20/h2-3,8-9,15,22H,4-7,10-11H2,1H3,(H,19,23)/b12-8+/t15-/m1/s1. The topological polar surface area (TPSA) is 55.8 Å². The summed E-state index contributed by atoms with van der Waals surface area (Å²) in [6.07, 6.45) is 1.95. The van der Waals surface area contributed by atoms with E-state index < -0.39 is 0 Å². The molecule has 0 aromatic heterocycles. The van der Waals surface area contributed by atoms with E-state index in [-0.39, 0.29) is 17.7 Å². The van der Waals surface area contributed by atoms with Gasteiger partial charge in [0, 0.05) is 49.9 Å². The van der Waals surface area contributed by atoms with Crippen molar-refractivity contribution in [3.63, 3.8) is 0 Å². The van der Waals surface area contributed by atoms with Crippen molar-refractivity contribution in [2.24, 2.45) is 0 Å². The Bertz CT molecular complexity index is 632. The Balaban J connectivity index is 1.66. The van der Waals surface area contributed by atoms with E-state index in [0.717, 1.165) is 50.4 Å². The molecule has 0 saturated carbocycles. The molecule has 2 N–H and O–H groups in total. The second-order valence-electron chi connectivity index (χ2n) is 6.27. The number of hydrogen-bond acceptors (Lipinski definition) is 4. The molecule has 5 nitrogen and oxygen atoms in total. The lowest BCUT2D eigenvalue weighted by Crippen LogP contribution is -2.63. The normalized spacial score (nSPS) is 23.5. The summed E-state index contributed by atoms with van der Waals surface area (Å²) in [5.41, 5.74) is 1.86. The van der Waals surface area contributed by atoms with Crippen LogP contribution in [0, 0.1) is 0 Å². The lowest BCUT2D eigenvalue weighted by molar-refractivity contribution is -0.131. The van der Waals surface area contributed by atoms with Gasteiger partial charge in [-0.1, -0.05) is 23.3 Å². The quantitative estimate of drug-likeness (QED) is 0.880. The average molecular weight is 336 g/mol. The fourth-order valence-corrected chi connectivity index (χ4v) is 3.46. The van der Waals surface area contributed by atoms with Gasteiger partial charge in [-0.25, -0.2) is 0 Å². The van der Waals surface area contributed by atoms with Crippen molar-refractivity contribution in [1.29, 1.82) is 0 Å². The number of aromatic hydroxyl groups is 1. The van der Waals surface area contributed by atoms with Gasteiger partial charge >= 0.3 is 0 Å². The molecular weight excluding hydrogens is 314 g/mol. The Labute approximate surface area is 141 Å². The number of nitrogens with zero attached hydrogens (tertiary/aromatic N) is 2. The molecule has 2 saturated heterocycles. The maximum absolute atomic E-state index is 12.0. The number of halogens is 1. The molecule has 1 aromatic rings. The van der Waals surface area contributed by atoms with Crippen molar-refractivity contribution in [3.05, 3.63) is 34.4 Å². The second-order valence-corrected chi connectivity index (χ2v) is 6.71. The van der Waals surface area contributed by atoms with Crippen LogP contribution in [0.5, 0.6) is 5.75 Å². The van der Waals surface area contributed by atoms with Gasteiger partial charge < -0.3 is 10.4 Å². The van der Waals surface area contributed by atoms with Crippen LogP contribution < -0.4 is 5.32 Å². The molecule has 2 heterocycles. The number of carbonyl (C=O) groups excluding carboxylic acids is 1. The first-order valence-corrected chi connectivity index (χ1v) is 8.30. The predicted molar refractivity (Wildman–Crippen MR) is 91.6 cm³/mol. The molecule has 1 aromatic carbocycles. The average Bonchev–Trinajstić information content (AvgIpc) is 2.52. The molecule has 2 fully saturated rings. The molecule has 2 aliphatic rings. The highest BCUT2D eigenvalue weighted by Crippen LogP contribution is 2.24. The zero-order valence-corrected chi connectivity index (χ0v) is 14.0. The Kier molecular flexibility index (Phi) is 4.90. The van der Waals surface area contributed by atoms with Crippen LogP contribution >= 0.6 is 11.6 Å². The first-order valence-electron chi connectivity index (χ1n) is 7.93. The van der Waals surface area contributed by atoms with Crippen LogP contribution in [0.4, 0.5) is 0 Å². The van der Waals surface area contributed by atoms with Gasteiger partial charge in [0.25, 0.3) is 0 Å². The zero-order valence-electron chi connectivity index (χ0n) is 13.3. The Morgan fingerprint density at radius 2 is 2.26 bits per heavy atom. The molecule has 2 aliphatic heterocycles. The van der Waals surface area contributed by atoms with E-state index in [0.29, 0.717) is 5.02 Å². The van der Waals surface area contributed by atoms with Crippen LogP contribution in [-0.2, 0) is 4.79 Å². The fourth-order valence-electron chi connectivity index (χ4n) is 3.28. The maximum atomic E-state index is 12.0. The smallest absolute Gasteiger partial charge is 0.238 e. The van der Waals surface area contributed by atoms with Crippen LogP contribution in [0.2, 0.25) is 5.02 Å². The van der Waals surface area contributed by atoms with Gasteiger partial charge in [0.2, 0.25) is 5.91 Å². The van der Waals surface area contributed by atoms with E-state index in [1.807, 2.05) is 13.0 Å². The summed E-state index contributed by atoms with van der Waals surface area (Å²) in [6.45, 7) is 7.14. The molecule has 0 bridgehead atoms. The minimum atomic E-state index is -0.0372. The summed E-state index contributed by atoms with van der Waals surface area (Å²) in [5, 5.41) is 13.4. The van der Waals surface area contributed by atoms with Gasteiger partial charge in [0.15, 0.2) is 0 Å². The second kappa shape index (κ2) is 6.91. The Morgan fingerprint density at radius 3 is 3.09 bits per heavy atom. The third-order valence-electron chi connectivity index (χ3n) is 4.44. The largest absolute Gasteiger partial charge is 0.507 e. The van der Waals surface area contributed by atoms with Crippen molar-refractivity contribution in [3.8, 4) is 5.75 Å². The predicted octanol–water partition coefficient (Wildman–Crippen LogP) is 1.56. The van der Waals surface area contributed by atoms with Crippen molar-refractivity contribution < 1.29 is 9.90 Å². The number of piperazine rings is 2. The molecular formula is C17H22ClN3O2. The summed E-state index contributed by atoms with van der Waals surface area (Å²) in [6, 6.07) is 4.99. The van der Waals surface area contributed by atoms with E-state index in [4.69, 9.17) is 11.6 Å². The van der Waals surface area contributed by atoms with Crippen LogP contribution in [0.1, 0.15) is 12.5 Å². The molecule has 3 rings (SSSR count). The minimum absolute atomic E-state index is 0.0372.